The first-order valence-electron chi connectivity index (χ1n) is 18.6. The zero-order chi connectivity index (χ0) is 36.5. The van der Waals surface area contributed by atoms with E-state index in [2.05, 4.69) is 170 Å². The third-order valence-electron chi connectivity index (χ3n) is 11.0. The van der Waals surface area contributed by atoms with Crippen LogP contribution >= 0.6 is 0 Å². The molecular formula is C47H34N8. The molecule has 1 atom stereocenters. The maximum atomic E-state index is 4.53. The number of fused-ring (bicyclic) bond motifs is 6. The number of hydrogen-bond acceptors (Lipinski definition) is 4. The fraction of sp³-hybridized carbons (Fsp3) is 0.0638. The van der Waals surface area contributed by atoms with Gasteiger partial charge in [-0.2, -0.15) is 0 Å². The SMILES string of the molecule is CC1CC=Cc2c1n(-c1ccc(-c3cn(-c4ccc(-n5cc(-c6ccc(-n7c8ccccc8c8ccccc87)cc6)nn5)cc4)nn3)cc1)c1ccccc21. The highest BCUT2D eigenvalue weighted by molar-refractivity contribution is 6.09. The van der Waals surface area contributed by atoms with Crippen LogP contribution in [-0.2, 0) is 0 Å². The summed E-state index contributed by atoms with van der Waals surface area (Å²) in [4.78, 5) is 0. The molecule has 0 amide bonds. The lowest BCUT2D eigenvalue weighted by Gasteiger charge is -2.19. The van der Waals surface area contributed by atoms with Crippen LogP contribution in [0.3, 0.4) is 0 Å². The van der Waals surface area contributed by atoms with E-state index in [1.54, 1.807) is 4.68 Å². The molecule has 1 unspecified atom stereocenters. The molecule has 0 saturated heterocycles. The van der Waals surface area contributed by atoms with Gasteiger partial charge in [-0.15, -0.1) is 10.2 Å². The molecule has 262 valence electrons. The van der Waals surface area contributed by atoms with E-state index in [9.17, 15) is 0 Å². The lowest BCUT2D eigenvalue weighted by molar-refractivity contribution is 0.723. The molecule has 1 aliphatic carbocycles. The highest BCUT2D eigenvalue weighted by Gasteiger charge is 2.23. The Morgan fingerprint density at radius 1 is 0.473 bits per heavy atom. The van der Waals surface area contributed by atoms with Gasteiger partial charge in [0.05, 0.1) is 40.3 Å². The Hall–Kier alpha value is -7.32. The fourth-order valence-electron chi connectivity index (χ4n) is 8.29. The van der Waals surface area contributed by atoms with E-state index in [4.69, 9.17) is 0 Å². The molecule has 55 heavy (non-hydrogen) atoms. The number of nitrogens with zero attached hydrogens (tertiary/aromatic N) is 8. The predicted octanol–water partition coefficient (Wildman–Crippen LogP) is 10.7. The van der Waals surface area contributed by atoms with Crippen molar-refractivity contribution in [3.8, 4) is 45.3 Å². The average molecular weight is 711 g/mol. The summed E-state index contributed by atoms with van der Waals surface area (Å²) < 4.78 is 8.35. The van der Waals surface area contributed by atoms with Gasteiger partial charge in [0.15, 0.2) is 0 Å². The van der Waals surface area contributed by atoms with Gasteiger partial charge in [-0.1, -0.05) is 108 Å². The Bertz CT molecular complexity index is 3010. The first kappa shape index (κ1) is 31.2. The van der Waals surface area contributed by atoms with E-state index in [0.29, 0.717) is 5.92 Å². The van der Waals surface area contributed by atoms with Crippen molar-refractivity contribution in [2.75, 3.05) is 0 Å². The minimum atomic E-state index is 0.446. The lowest BCUT2D eigenvalue weighted by atomic mass is 9.93. The molecule has 0 radical (unpaired) electrons. The third-order valence-corrected chi connectivity index (χ3v) is 11.0. The van der Waals surface area contributed by atoms with Crippen molar-refractivity contribution in [3.63, 3.8) is 0 Å². The van der Waals surface area contributed by atoms with Crippen LogP contribution in [0.4, 0.5) is 0 Å². The zero-order valence-corrected chi connectivity index (χ0v) is 30.0. The number of para-hydroxylation sites is 3. The summed E-state index contributed by atoms with van der Waals surface area (Å²) in [5, 5.41) is 21.7. The molecule has 11 rings (SSSR count). The summed E-state index contributed by atoms with van der Waals surface area (Å²) in [6.07, 6.45) is 9.56. The summed E-state index contributed by atoms with van der Waals surface area (Å²) in [7, 11) is 0. The van der Waals surface area contributed by atoms with E-state index in [0.717, 1.165) is 51.7 Å². The van der Waals surface area contributed by atoms with Crippen molar-refractivity contribution >= 4 is 38.8 Å². The third kappa shape index (κ3) is 5.06. The van der Waals surface area contributed by atoms with Crippen molar-refractivity contribution in [1.82, 2.24) is 39.1 Å². The lowest BCUT2D eigenvalue weighted by Crippen LogP contribution is -2.06. The molecular weight excluding hydrogens is 677 g/mol. The first-order valence-corrected chi connectivity index (χ1v) is 18.6. The first-order chi connectivity index (χ1) is 27.2. The molecule has 4 heterocycles. The average Bonchev–Trinajstić information content (AvgIpc) is 4.06. The van der Waals surface area contributed by atoms with Crippen molar-refractivity contribution in [3.05, 3.63) is 175 Å². The highest BCUT2D eigenvalue weighted by atomic mass is 15.4. The molecule has 0 aliphatic heterocycles. The minimum Gasteiger partial charge on any atom is -0.313 e. The number of allylic oxidation sites excluding steroid dienone is 1. The summed E-state index contributed by atoms with van der Waals surface area (Å²) in [6.45, 7) is 2.31. The van der Waals surface area contributed by atoms with E-state index >= 15 is 0 Å². The largest absolute Gasteiger partial charge is 0.313 e. The monoisotopic (exact) mass is 710 g/mol. The van der Waals surface area contributed by atoms with Crippen LogP contribution in [0.1, 0.15) is 30.5 Å². The summed E-state index contributed by atoms with van der Waals surface area (Å²) in [5.74, 6) is 0.446. The molecule has 8 heteroatoms. The van der Waals surface area contributed by atoms with Gasteiger partial charge >= 0.3 is 0 Å². The van der Waals surface area contributed by atoms with Gasteiger partial charge in [0.1, 0.15) is 11.4 Å². The predicted molar refractivity (Wildman–Crippen MR) is 220 cm³/mol. The highest BCUT2D eigenvalue weighted by Crippen LogP contribution is 2.39. The molecule has 0 fully saturated rings. The molecule has 10 aromatic rings. The second kappa shape index (κ2) is 12.4. The molecule has 4 aromatic heterocycles. The van der Waals surface area contributed by atoms with E-state index in [1.165, 1.54) is 44.0 Å². The van der Waals surface area contributed by atoms with Gasteiger partial charge in [0.25, 0.3) is 0 Å². The van der Waals surface area contributed by atoms with Gasteiger partial charge in [-0.3, -0.25) is 0 Å². The van der Waals surface area contributed by atoms with E-state index < -0.39 is 0 Å². The maximum Gasteiger partial charge on any atom is 0.113 e. The van der Waals surface area contributed by atoms with Gasteiger partial charge in [-0.25, -0.2) is 9.36 Å². The van der Waals surface area contributed by atoms with Crippen molar-refractivity contribution in [1.29, 1.82) is 0 Å². The van der Waals surface area contributed by atoms with Gasteiger partial charge in [0, 0.05) is 55.8 Å². The molecule has 0 spiro atoms. The Balaban J connectivity index is 0.823. The number of hydrogen-bond donors (Lipinski definition) is 0. The van der Waals surface area contributed by atoms with Crippen LogP contribution in [0.15, 0.2) is 164 Å². The number of benzene rings is 6. The maximum absolute atomic E-state index is 4.53. The topological polar surface area (TPSA) is 71.3 Å². The second-order valence-corrected chi connectivity index (χ2v) is 14.3. The smallest absolute Gasteiger partial charge is 0.113 e. The molecule has 8 nitrogen and oxygen atoms in total. The summed E-state index contributed by atoms with van der Waals surface area (Å²) >= 11 is 0. The fourth-order valence-corrected chi connectivity index (χ4v) is 8.29. The van der Waals surface area contributed by atoms with Crippen LogP contribution in [0.25, 0.3) is 84.0 Å². The minimum absolute atomic E-state index is 0.446. The number of rotatable bonds is 6. The number of aromatic nitrogens is 8. The Labute approximate surface area is 316 Å². The molecule has 0 N–H and O–H groups in total. The van der Waals surface area contributed by atoms with Crippen LogP contribution in [0, 0.1) is 0 Å². The van der Waals surface area contributed by atoms with Crippen LogP contribution in [-0.4, -0.2) is 39.1 Å². The Morgan fingerprint density at radius 2 is 0.909 bits per heavy atom. The molecule has 0 saturated carbocycles. The summed E-state index contributed by atoms with van der Waals surface area (Å²) in [6, 6.07) is 51.1. The normalized spacial score (nSPS) is 13.9. The summed E-state index contributed by atoms with van der Waals surface area (Å²) in [5.41, 5.74) is 14.0. The zero-order valence-electron chi connectivity index (χ0n) is 30.0. The van der Waals surface area contributed by atoms with Gasteiger partial charge < -0.3 is 9.13 Å². The van der Waals surface area contributed by atoms with E-state index in [1.807, 2.05) is 41.3 Å². The Kier molecular flexibility index (Phi) is 7.03. The van der Waals surface area contributed by atoms with Crippen LogP contribution in [0.2, 0.25) is 0 Å². The standard InChI is InChI=1S/C47H34N8/c1-31-9-8-13-41-40-12-4-7-16-46(40)55(47(31)41)37-23-19-33(20-24-37)43-30-53(51-49-43)35-27-25-34(26-28-35)52-29-42(48-50-52)32-17-21-36(22-18-32)54-44-14-5-2-10-38(44)39-11-3-6-15-45(39)54/h2-8,10-31H,9H2,1H3. The molecule has 1 aliphatic rings. The van der Waals surface area contributed by atoms with Crippen molar-refractivity contribution < 1.29 is 0 Å². The van der Waals surface area contributed by atoms with E-state index in [-0.39, 0.29) is 0 Å². The van der Waals surface area contributed by atoms with Crippen LogP contribution < -0.4 is 0 Å². The van der Waals surface area contributed by atoms with Crippen LogP contribution in [0.5, 0.6) is 0 Å². The molecule has 0 bridgehead atoms. The second-order valence-electron chi connectivity index (χ2n) is 14.3. The Morgan fingerprint density at radius 3 is 1.44 bits per heavy atom. The van der Waals surface area contributed by atoms with Crippen molar-refractivity contribution in [2.24, 2.45) is 0 Å². The van der Waals surface area contributed by atoms with Gasteiger partial charge in [0.2, 0.25) is 0 Å². The quantitative estimate of drug-likeness (QED) is 0.172. The van der Waals surface area contributed by atoms with Crippen molar-refractivity contribution in [2.45, 2.75) is 19.3 Å². The van der Waals surface area contributed by atoms with Gasteiger partial charge in [-0.05, 0) is 73.2 Å². The molecule has 6 aromatic carbocycles.